The van der Waals surface area contributed by atoms with Crippen molar-refractivity contribution in [1.29, 1.82) is 0 Å². The molecule has 0 saturated heterocycles. The molecule has 2 aromatic carbocycles. The Morgan fingerprint density at radius 2 is 1.93 bits per heavy atom. The molecular formula is C23H24N4O3. The van der Waals surface area contributed by atoms with E-state index in [0.717, 1.165) is 11.1 Å². The minimum atomic E-state index is -0.222. The SMILES string of the molecule is COCCN(C(=O)c1ccc2[nH]c(=O)c3cnc(-c4ccccc4)n3c2c1)C(C)C. The molecule has 7 nitrogen and oxygen atoms in total. The van der Waals surface area contributed by atoms with Crippen LogP contribution < -0.4 is 5.56 Å². The van der Waals surface area contributed by atoms with E-state index in [1.54, 1.807) is 30.3 Å². The van der Waals surface area contributed by atoms with Crippen LogP contribution in [0.15, 0.2) is 59.5 Å². The van der Waals surface area contributed by atoms with Crippen LogP contribution in [0.4, 0.5) is 0 Å². The zero-order valence-electron chi connectivity index (χ0n) is 17.3. The molecule has 0 saturated carbocycles. The van der Waals surface area contributed by atoms with Crippen molar-refractivity contribution in [2.75, 3.05) is 20.3 Å². The normalized spacial score (nSPS) is 11.5. The highest BCUT2D eigenvalue weighted by molar-refractivity contribution is 5.98. The number of aromatic amines is 1. The first-order chi connectivity index (χ1) is 14.5. The molecule has 0 atom stereocenters. The molecule has 154 valence electrons. The summed E-state index contributed by atoms with van der Waals surface area (Å²) < 4.78 is 6.97. The Morgan fingerprint density at radius 3 is 2.63 bits per heavy atom. The van der Waals surface area contributed by atoms with Crippen LogP contribution in [-0.4, -0.2) is 51.5 Å². The van der Waals surface area contributed by atoms with Gasteiger partial charge in [-0.2, -0.15) is 0 Å². The van der Waals surface area contributed by atoms with Gasteiger partial charge >= 0.3 is 0 Å². The van der Waals surface area contributed by atoms with Crippen LogP contribution in [0.2, 0.25) is 0 Å². The number of fused-ring (bicyclic) bond motifs is 3. The van der Waals surface area contributed by atoms with Gasteiger partial charge in [-0.3, -0.25) is 14.0 Å². The topological polar surface area (TPSA) is 79.7 Å². The lowest BCUT2D eigenvalue weighted by atomic mass is 10.1. The van der Waals surface area contributed by atoms with Gasteiger partial charge in [0, 0.05) is 30.8 Å². The molecule has 2 heterocycles. The van der Waals surface area contributed by atoms with Crippen molar-refractivity contribution >= 4 is 22.5 Å². The van der Waals surface area contributed by atoms with Crippen molar-refractivity contribution in [2.45, 2.75) is 19.9 Å². The number of benzene rings is 2. The lowest BCUT2D eigenvalue weighted by Crippen LogP contribution is -2.39. The maximum absolute atomic E-state index is 13.2. The number of nitrogens with one attached hydrogen (secondary N) is 1. The first-order valence-electron chi connectivity index (χ1n) is 9.90. The number of H-pyrrole nitrogens is 1. The smallest absolute Gasteiger partial charge is 0.274 e. The second-order valence-corrected chi connectivity index (χ2v) is 7.44. The number of nitrogens with zero attached hydrogens (tertiary/aromatic N) is 3. The summed E-state index contributed by atoms with van der Waals surface area (Å²) in [6.45, 7) is 4.93. The van der Waals surface area contributed by atoms with E-state index in [9.17, 15) is 9.59 Å². The number of imidazole rings is 1. The summed E-state index contributed by atoms with van der Waals surface area (Å²) in [6.07, 6.45) is 1.56. The van der Waals surface area contributed by atoms with E-state index in [4.69, 9.17) is 4.74 Å². The number of amides is 1. The third-order valence-corrected chi connectivity index (χ3v) is 5.18. The van der Waals surface area contributed by atoms with E-state index in [1.807, 2.05) is 54.6 Å². The highest BCUT2D eigenvalue weighted by Gasteiger charge is 2.20. The Hall–Kier alpha value is -3.45. The Labute approximate surface area is 173 Å². The van der Waals surface area contributed by atoms with E-state index < -0.39 is 0 Å². The van der Waals surface area contributed by atoms with Gasteiger partial charge in [0.2, 0.25) is 0 Å². The van der Waals surface area contributed by atoms with Gasteiger partial charge in [-0.25, -0.2) is 4.98 Å². The number of methoxy groups -OCH3 is 1. The second-order valence-electron chi connectivity index (χ2n) is 7.44. The van der Waals surface area contributed by atoms with Crippen molar-refractivity contribution in [3.8, 4) is 11.4 Å². The number of hydrogen-bond acceptors (Lipinski definition) is 4. The lowest BCUT2D eigenvalue weighted by molar-refractivity contribution is 0.0635. The summed E-state index contributed by atoms with van der Waals surface area (Å²) in [7, 11) is 1.62. The lowest BCUT2D eigenvalue weighted by Gasteiger charge is -2.26. The van der Waals surface area contributed by atoms with Crippen molar-refractivity contribution in [1.82, 2.24) is 19.3 Å². The van der Waals surface area contributed by atoms with Crippen LogP contribution in [0.5, 0.6) is 0 Å². The van der Waals surface area contributed by atoms with Gasteiger partial charge in [0.05, 0.1) is 23.8 Å². The Bertz CT molecular complexity index is 1260. The molecule has 7 heteroatoms. The van der Waals surface area contributed by atoms with Gasteiger partial charge in [-0.05, 0) is 32.0 Å². The zero-order valence-corrected chi connectivity index (χ0v) is 17.3. The number of ether oxygens (including phenoxy) is 1. The van der Waals surface area contributed by atoms with Gasteiger partial charge in [-0.1, -0.05) is 30.3 Å². The molecule has 0 fully saturated rings. The molecule has 0 aliphatic heterocycles. The molecule has 0 radical (unpaired) electrons. The molecule has 0 aliphatic carbocycles. The molecule has 0 spiro atoms. The largest absolute Gasteiger partial charge is 0.383 e. The van der Waals surface area contributed by atoms with E-state index in [0.29, 0.717) is 35.6 Å². The predicted molar refractivity (Wildman–Crippen MR) is 117 cm³/mol. The highest BCUT2D eigenvalue weighted by Crippen LogP contribution is 2.23. The summed E-state index contributed by atoms with van der Waals surface area (Å²) in [5.41, 5.74) is 3.03. The van der Waals surface area contributed by atoms with Gasteiger partial charge in [0.25, 0.3) is 11.5 Å². The number of hydrogen-bond donors (Lipinski definition) is 1. The first-order valence-corrected chi connectivity index (χ1v) is 9.90. The van der Waals surface area contributed by atoms with Gasteiger partial charge < -0.3 is 14.6 Å². The fraction of sp³-hybridized carbons (Fsp3) is 0.261. The number of carbonyl (C=O) groups is 1. The maximum atomic E-state index is 13.2. The number of rotatable bonds is 6. The molecule has 1 N–H and O–H groups in total. The Balaban J connectivity index is 1.90. The number of aromatic nitrogens is 3. The average Bonchev–Trinajstić information content (AvgIpc) is 3.20. The van der Waals surface area contributed by atoms with E-state index >= 15 is 0 Å². The molecular weight excluding hydrogens is 380 g/mol. The third kappa shape index (κ3) is 3.48. The van der Waals surface area contributed by atoms with Gasteiger partial charge in [0.15, 0.2) is 0 Å². The monoisotopic (exact) mass is 404 g/mol. The molecule has 0 bridgehead atoms. The molecule has 0 unspecified atom stereocenters. The van der Waals surface area contributed by atoms with Gasteiger partial charge in [-0.15, -0.1) is 0 Å². The third-order valence-electron chi connectivity index (χ3n) is 5.18. The Morgan fingerprint density at radius 1 is 1.17 bits per heavy atom. The number of carbonyl (C=O) groups excluding carboxylic acids is 1. The summed E-state index contributed by atoms with van der Waals surface area (Å²) in [4.78, 5) is 34.9. The van der Waals surface area contributed by atoms with Crippen LogP contribution in [0, 0.1) is 0 Å². The molecule has 2 aromatic heterocycles. The van der Waals surface area contributed by atoms with Crippen LogP contribution in [0.3, 0.4) is 0 Å². The van der Waals surface area contributed by atoms with Gasteiger partial charge in [0.1, 0.15) is 11.3 Å². The van der Waals surface area contributed by atoms with Crippen LogP contribution in [-0.2, 0) is 4.74 Å². The van der Waals surface area contributed by atoms with E-state index in [-0.39, 0.29) is 17.5 Å². The summed E-state index contributed by atoms with van der Waals surface area (Å²) >= 11 is 0. The van der Waals surface area contributed by atoms with Crippen LogP contribution in [0.25, 0.3) is 27.9 Å². The van der Waals surface area contributed by atoms with Crippen molar-refractivity contribution in [2.24, 2.45) is 0 Å². The standard InChI is InChI=1S/C23H24N4O3/c1-15(2)26(11-12-30-3)23(29)17-9-10-18-19(13-17)27-20(22(28)25-18)14-24-21(27)16-7-5-4-6-8-16/h4-10,13-15H,11-12H2,1-3H3,(H,25,28). The van der Waals surface area contributed by atoms with Crippen molar-refractivity contribution < 1.29 is 9.53 Å². The fourth-order valence-electron chi connectivity index (χ4n) is 3.64. The summed E-state index contributed by atoms with van der Waals surface area (Å²) in [6, 6.07) is 15.0. The highest BCUT2D eigenvalue weighted by atomic mass is 16.5. The maximum Gasteiger partial charge on any atom is 0.274 e. The van der Waals surface area contributed by atoms with E-state index in [2.05, 4.69) is 9.97 Å². The minimum absolute atomic E-state index is 0.0343. The minimum Gasteiger partial charge on any atom is -0.383 e. The molecule has 30 heavy (non-hydrogen) atoms. The second kappa shape index (κ2) is 8.12. The van der Waals surface area contributed by atoms with Crippen molar-refractivity contribution in [3.63, 3.8) is 0 Å². The quantitative estimate of drug-likeness (QED) is 0.535. The zero-order chi connectivity index (χ0) is 21.3. The van der Waals surface area contributed by atoms with Crippen molar-refractivity contribution in [3.05, 3.63) is 70.6 Å². The molecule has 4 rings (SSSR count). The summed E-state index contributed by atoms with van der Waals surface area (Å²) in [5.74, 6) is 0.580. The molecule has 0 aliphatic rings. The first kappa shape index (κ1) is 19.8. The Kier molecular flexibility index (Phi) is 5.37. The van der Waals surface area contributed by atoms with E-state index in [1.165, 1.54) is 0 Å². The predicted octanol–water partition coefficient (Wildman–Crippen LogP) is 3.34. The summed E-state index contributed by atoms with van der Waals surface area (Å²) in [5, 5.41) is 0. The van der Waals surface area contributed by atoms with Crippen LogP contribution >= 0.6 is 0 Å². The molecule has 1 amide bonds. The van der Waals surface area contributed by atoms with Crippen LogP contribution in [0.1, 0.15) is 24.2 Å². The fourth-order valence-corrected chi connectivity index (χ4v) is 3.64. The molecule has 4 aromatic rings. The average molecular weight is 404 g/mol.